The standard InChI is InChI=1S/C18H26N2O3/c1-22-17-5-3-2-4-16(17)19-8-10-20(11-9-19)18(21)14-15-6-12-23-13-7-15/h2-5,15H,6-14H2,1H3. The molecule has 0 saturated carbocycles. The Balaban J connectivity index is 1.52. The van der Waals surface area contributed by atoms with Crippen LogP contribution in [0.3, 0.4) is 0 Å². The SMILES string of the molecule is COc1ccccc1N1CCN(C(=O)CC2CCOCC2)CC1. The molecule has 1 aromatic rings. The van der Waals surface area contributed by atoms with Crippen molar-refractivity contribution in [1.29, 1.82) is 0 Å². The molecule has 0 aliphatic carbocycles. The Morgan fingerprint density at radius 2 is 1.87 bits per heavy atom. The second-order valence-corrected chi connectivity index (χ2v) is 6.30. The Morgan fingerprint density at radius 3 is 2.57 bits per heavy atom. The van der Waals surface area contributed by atoms with Crippen LogP contribution in [-0.2, 0) is 9.53 Å². The lowest BCUT2D eigenvalue weighted by atomic mass is 9.96. The van der Waals surface area contributed by atoms with Gasteiger partial charge in [-0.05, 0) is 30.9 Å². The van der Waals surface area contributed by atoms with Crippen LogP contribution in [0.4, 0.5) is 5.69 Å². The normalized spacial score (nSPS) is 19.7. The van der Waals surface area contributed by atoms with Crippen molar-refractivity contribution >= 4 is 11.6 Å². The first-order valence-electron chi connectivity index (χ1n) is 8.51. The van der Waals surface area contributed by atoms with Crippen molar-refractivity contribution in [3.8, 4) is 5.75 Å². The molecule has 3 rings (SSSR count). The zero-order chi connectivity index (χ0) is 16.1. The molecule has 2 aliphatic rings. The maximum Gasteiger partial charge on any atom is 0.222 e. The number of benzene rings is 1. The third-order valence-corrected chi connectivity index (χ3v) is 4.86. The van der Waals surface area contributed by atoms with E-state index in [-0.39, 0.29) is 0 Å². The van der Waals surface area contributed by atoms with E-state index in [1.165, 1.54) is 0 Å². The van der Waals surface area contributed by atoms with E-state index < -0.39 is 0 Å². The van der Waals surface area contributed by atoms with E-state index in [4.69, 9.17) is 9.47 Å². The molecule has 2 heterocycles. The maximum atomic E-state index is 12.5. The zero-order valence-corrected chi connectivity index (χ0v) is 13.9. The number of nitrogens with zero attached hydrogens (tertiary/aromatic N) is 2. The van der Waals surface area contributed by atoms with Gasteiger partial charge in [0.1, 0.15) is 5.75 Å². The van der Waals surface area contributed by atoms with Gasteiger partial charge in [-0.2, -0.15) is 0 Å². The van der Waals surface area contributed by atoms with E-state index in [0.29, 0.717) is 18.2 Å². The molecular weight excluding hydrogens is 292 g/mol. The molecule has 2 aliphatic heterocycles. The number of amides is 1. The summed E-state index contributed by atoms with van der Waals surface area (Å²) in [5.74, 6) is 1.70. The van der Waals surface area contributed by atoms with Gasteiger partial charge in [0.05, 0.1) is 12.8 Å². The molecule has 1 amide bonds. The van der Waals surface area contributed by atoms with Gasteiger partial charge in [0.25, 0.3) is 0 Å². The number of para-hydroxylation sites is 2. The summed E-state index contributed by atoms with van der Waals surface area (Å²) in [5.41, 5.74) is 1.12. The van der Waals surface area contributed by atoms with E-state index in [9.17, 15) is 4.79 Å². The summed E-state index contributed by atoms with van der Waals surface area (Å²) in [6.45, 7) is 4.92. The van der Waals surface area contributed by atoms with Crippen molar-refractivity contribution in [3.05, 3.63) is 24.3 Å². The molecule has 1 aromatic carbocycles. The van der Waals surface area contributed by atoms with E-state index in [1.807, 2.05) is 23.1 Å². The summed E-state index contributed by atoms with van der Waals surface area (Å²) in [6.07, 6.45) is 2.72. The smallest absolute Gasteiger partial charge is 0.222 e. The van der Waals surface area contributed by atoms with Crippen LogP contribution >= 0.6 is 0 Å². The lowest BCUT2D eigenvalue weighted by Crippen LogP contribution is -2.49. The fourth-order valence-corrected chi connectivity index (χ4v) is 3.41. The number of ether oxygens (including phenoxy) is 2. The fraction of sp³-hybridized carbons (Fsp3) is 0.611. The highest BCUT2D eigenvalue weighted by atomic mass is 16.5. The molecule has 0 unspecified atom stereocenters. The zero-order valence-electron chi connectivity index (χ0n) is 13.9. The van der Waals surface area contributed by atoms with Crippen molar-refractivity contribution in [1.82, 2.24) is 4.90 Å². The van der Waals surface area contributed by atoms with Crippen LogP contribution in [0.2, 0.25) is 0 Å². The molecule has 0 atom stereocenters. The van der Waals surface area contributed by atoms with Gasteiger partial charge in [0.15, 0.2) is 0 Å². The molecule has 0 radical (unpaired) electrons. The van der Waals surface area contributed by atoms with Crippen molar-refractivity contribution in [2.75, 3.05) is 51.4 Å². The average molecular weight is 318 g/mol. The molecule has 0 aromatic heterocycles. The maximum absolute atomic E-state index is 12.5. The van der Waals surface area contributed by atoms with Crippen LogP contribution in [0.1, 0.15) is 19.3 Å². The number of piperazine rings is 1. The van der Waals surface area contributed by atoms with Crippen LogP contribution in [0.25, 0.3) is 0 Å². The number of hydrogen-bond acceptors (Lipinski definition) is 4. The van der Waals surface area contributed by atoms with Crippen LogP contribution in [-0.4, -0.2) is 57.3 Å². The number of carbonyl (C=O) groups excluding carboxylic acids is 1. The van der Waals surface area contributed by atoms with Crippen molar-refractivity contribution in [2.45, 2.75) is 19.3 Å². The Bertz CT molecular complexity index is 521. The van der Waals surface area contributed by atoms with Crippen molar-refractivity contribution < 1.29 is 14.3 Å². The number of anilines is 1. The van der Waals surface area contributed by atoms with Gasteiger partial charge >= 0.3 is 0 Å². The van der Waals surface area contributed by atoms with Crippen LogP contribution in [0, 0.1) is 5.92 Å². The first-order chi connectivity index (χ1) is 11.3. The number of rotatable bonds is 4. The predicted octanol–water partition coefficient (Wildman–Crippen LogP) is 2.16. The Morgan fingerprint density at radius 1 is 1.17 bits per heavy atom. The molecule has 5 heteroatoms. The summed E-state index contributed by atoms with van der Waals surface area (Å²) >= 11 is 0. The van der Waals surface area contributed by atoms with Crippen molar-refractivity contribution in [2.24, 2.45) is 5.92 Å². The summed E-state index contributed by atoms with van der Waals surface area (Å²) in [7, 11) is 1.70. The monoisotopic (exact) mass is 318 g/mol. The van der Waals surface area contributed by atoms with Gasteiger partial charge in [-0.25, -0.2) is 0 Å². The molecule has 5 nitrogen and oxygen atoms in total. The van der Waals surface area contributed by atoms with Crippen LogP contribution in [0.5, 0.6) is 5.75 Å². The minimum Gasteiger partial charge on any atom is -0.495 e. The largest absolute Gasteiger partial charge is 0.495 e. The molecule has 0 spiro atoms. The van der Waals surface area contributed by atoms with Crippen LogP contribution in [0.15, 0.2) is 24.3 Å². The van der Waals surface area contributed by atoms with Gasteiger partial charge in [-0.3, -0.25) is 4.79 Å². The minimum absolute atomic E-state index is 0.302. The van der Waals surface area contributed by atoms with Gasteiger partial charge < -0.3 is 19.3 Å². The predicted molar refractivity (Wildman–Crippen MR) is 89.9 cm³/mol. The number of carbonyl (C=O) groups is 1. The second kappa shape index (κ2) is 7.68. The average Bonchev–Trinajstić information content (AvgIpc) is 2.62. The molecule has 0 N–H and O–H groups in total. The lowest BCUT2D eigenvalue weighted by Gasteiger charge is -2.37. The highest BCUT2D eigenvalue weighted by Gasteiger charge is 2.25. The van der Waals surface area contributed by atoms with Gasteiger partial charge in [-0.15, -0.1) is 0 Å². The third-order valence-electron chi connectivity index (χ3n) is 4.86. The second-order valence-electron chi connectivity index (χ2n) is 6.30. The Labute approximate surface area is 138 Å². The quantitative estimate of drug-likeness (QED) is 0.853. The number of methoxy groups -OCH3 is 1. The molecule has 2 fully saturated rings. The molecule has 126 valence electrons. The first kappa shape index (κ1) is 16.1. The summed E-state index contributed by atoms with van der Waals surface area (Å²) < 4.78 is 10.8. The van der Waals surface area contributed by atoms with Gasteiger partial charge in [0.2, 0.25) is 5.91 Å². The van der Waals surface area contributed by atoms with E-state index in [0.717, 1.165) is 63.7 Å². The van der Waals surface area contributed by atoms with Gasteiger partial charge in [-0.1, -0.05) is 12.1 Å². The molecule has 2 saturated heterocycles. The van der Waals surface area contributed by atoms with E-state index >= 15 is 0 Å². The summed E-state index contributed by atoms with van der Waals surface area (Å²) in [6, 6.07) is 8.08. The summed E-state index contributed by atoms with van der Waals surface area (Å²) in [5, 5.41) is 0. The minimum atomic E-state index is 0.302. The molecule has 0 bridgehead atoms. The van der Waals surface area contributed by atoms with Crippen molar-refractivity contribution in [3.63, 3.8) is 0 Å². The summed E-state index contributed by atoms with van der Waals surface area (Å²) in [4.78, 5) is 16.8. The third kappa shape index (κ3) is 3.96. The van der Waals surface area contributed by atoms with E-state index in [1.54, 1.807) is 7.11 Å². The Kier molecular flexibility index (Phi) is 5.39. The Hall–Kier alpha value is -1.75. The first-order valence-corrected chi connectivity index (χ1v) is 8.51. The lowest BCUT2D eigenvalue weighted by molar-refractivity contribution is -0.133. The van der Waals surface area contributed by atoms with Crippen LogP contribution < -0.4 is 9.64 Å². The molecular formula is C18H26N2O3. The van der Waals surface area contributed by atoms with Gasteiger partial charge in [0, 0.05) is 45.8 Å². The highest BCUT2D eigenvalue weighted by Crippen LogP contribution is 2.28. The number of hydrogen-bond donors (Lipinski definition) is 0. The topological polar surface area (TPSA) is 42.0 Å². The van der Waals surface area contributed by atoms with E-state index in [2.05, 4.69) is 11.0 Å². The highest BCUT2D eigenvalue weighted by molar-refractivity contribution is 5.77. The fourth-order valence-electron chi connectivity index (χ4n) is 3.41. The molecule has 23 heavy (non-hydrogen) atoms.